The predicted octanol–water partition coefficient (Wildman–Crippen LogP) is 3.96. The van der Waals surface area contributed by atoms with Crippen LogP contribution in [0.3, 0.4) is 0 Å². The van der Waals surface area contributed by atoms with Crippen molar-refractivity contribution in [2.45, 2.75) is 0 Å². The summed E-state index contributed by atoms with van der Waals surface area (Å²) in [5.41, 5.74) is 0.453. The molecule has 0 heterocycles. The minimum absolute atomic E-state index is 0.320. The third-order valence-electron chi connectivity index (χ3n) is 2.10. The van der Waals surface area contributed by atoms with Crippen molar-refractivity contribution >= 4 is 40.3 Å². The minimum Gasteiger partial charge on any atom is -0.298 e. The van der Waals surface area contributed by atoms with Crippen LogP contribution in [0.4, 0.5) is 0 Å². The minimum atomic E-state index is 0.320. The zero-order valence-corrected chi connectivity index (χ0v) is 8.64. The molecule has 0 spiro atoms. The third kappa shape index (κ3) is 1.39. The molecular formula is C11H6Cl2O. The van der Waals surface area contributed by atoms with E-state index in [2.05, 4.69) is 0 Å². The van der Waals surface area contributed by atoms with Crippen LogP contribution in [0, 0.1) is 0 Å². The first-order chi connectivity index (χ1) is 6.74. The molecule has 0 aromatic heterocycles. The number of benzene rings is 2. The molecule has 0 fully saturated rings. The van der Waals surface area contributed by atoms with E-state index in [9.17, 15) is 4.79 Å². The van der Waals surface area contributed by atoms with E-state index >= 15 is 0 Å². The molecule has 0 aliphatic heterocycles. The van der Waals surface area contributed by atoms with Gasteiger partial charge in [0.05, 0.1) is 10.0 Å². The SMILES string of the molecule is O=Cc1c(Cl)c(Cl)cc2ccccc12. The number of hydrogen-bond donors (Lipinski definition) is 0. The second-order valence-corrected chi connectivity index (χ2v) is 3.71. The Morgan fingerprint density at radius 2 is 1.86 bits per heavy atom. The highest BCUT2D eigenvalue weighted by molar-refractivity contribution is 6.44. The Morgan fingerprint density at radius 3 is 2.57 bits per heavy atom. The van der Waals surface area contributed by atoms with Crippen LogP contribution in [-0.4, -0.2) is 6.29 Å². The van der Waals surface area contributed by atoms with Crippen molar-refractivity contribution in [3.63, 3.8) is 0 Å². The number of hydrogen-bond acceptors (Lipinski definition) is 1. The highest BCUT2D eigenvalue weighted by atomic mass is 35.5. The van der Waals surface area contributed by atoms with Gasteiger partial charge in [-0.1, -0.05) is 47.5 Å². The van der Waals surface area contributed by atoms with Crippen molar-refractivity contribution in [1.29, 1.82) is 0 Å². The quantitative estimate of drug-likeness (QED) is 0.671. The van der Waals surface area contributed by atoms with E-state index in [-0.39, 0.29) is 0 Å². The van der Waals surface area contributed by atoms with Crippen molar-refractivity contribution in [1.82, 2.24) is 0 Å². The molecule has 0 amide bonds. The molecule has 0 atom stereocenters. The van der Waals surface area contributed by atoms with Gasteiger partial charge in [0.1, 0.15) is 0 Å². The van der Waals surface area contributed by atoms with Gasteiger partial charge in [-0.25, -0.2) is 0 Å². The van der Waals surface area contributed by atoms with Gasteiger partial charge in [-0.3, -0.25) is 4.79 Å². The number of carbonyl (C=O) groups is 1. The lowest BCUT2D eigenvalue weighted by molar-refractivity contribution is 0.112. The van der Waals surface area contributed by atoms with E-state index in [1.165, 1.54) is 0 Å². The van der Waals surface area contributed by atoms with Gasteiger partial charge in [0, 0.05) is 5.56 Å². The highest BCUT2D eigenvalue weighted by Gasteiger charge is 2.08. The summed E-state index contributed by atoms with van der Waals surface area (Å²) in [6.45, 7) is 0. The second-order valence-electron chi connectivity index (χ2n) is 2.93. The molecule has 0 unspecified atom stereocenters. The lowest BCUT2D eigenvalue weighted by Crippen LogP contribution is -1.86. The maximum atomic E-state index is 10.9. The first-order valence-corrected chi connectivity index (χ1v) is 4.81. The molecule has 3 heteroatoms. The molecule has 0 N–H and O–H groups in total. The maximum absolute atomic E-state index is 10.9. The zero-order valence-electron chi connectivity index (χ0n) is 7.13. The molecule has 14 heavy (non-hydrogen) atoms. The number of halogens is 2. The zero-order chi connectivity index (χ0) is 10.1. The Kier molecular flexibility index (Phi) is 2.44. The summed E-state index contributed by atoms with van der Waals surface area (Å²) in [5, 5.41) is 2.48. The van der Waals surface area contributed by atoms with Gasteiger partial charge in [0.2, 0.25) is 0 Å². The van der Waals surface area contributed by atoms with Crippen LogP contribution >= 0.6 is 23.2 Å². The normalized spacial score (nSPS) is 10.4. The van der Waals surface area contributed by atoms with E-state index in [0.29, 0.717) is 15.6 Å². The van der Waals surface area contributed by atoms with Gasteiger partial charge in [-0.2, -0.15) is 0 Å². The summed E-state index contributed by atoms with van der Waals surface area (Å²) >= 11 is 11.8. The van der Waals surface area contributed by atoms with Crippen molar-refractivity contribution < 1.29 is 4.79 Å². The van der Waals surface area contributed by atoms with Gasteiger partial charge >= 0.3 is 0 Å². The van der Waals surface area contributed by atoms with Crippen LogP contribution in [0.2, 0.25) is 10.0 Å². The molecule has 2 rings (SSSR count). The van der Waals surface area contributed by atoms with Crippen LogP contribution in [0.25, 0.3) is 10.8 Å². The fourth-order valence-electron chi connectivity index (χ4n) is 1.43. The lowest BCUT2D eigenvalue weighted by Gasteiger charge is -2.04. The topological polar surface area (TPSA) is 17.1 Å². The van der Waals surface area contributed by atoms with Gasteiger partial charge in [0.25, 0.3) is 0 Å². The first kappa shape index (κ1) is 9.50. The molecule has 2 aromatic rings. The molecule has 0 aliphatic carbocycles. The van der Waals surface area contributed by atoms with Crippen molar-refractivity contribution in [3.05, 3.63) is 45.9 Å². The summed E-state index contributed by atoms with van der Waals surface area (Å²) < 4.78 is 0. The van der Waals surface area contributed by atoms with Crippen molar-refractivity contribution in [2.24, 2.45) is 0 Å². The number of fused-ring (bicyclic) bond motifs is 1. The largest absolute Gasteiger partial charge is 0.298 e. The van der Waals surface area contributed by atoms with Crippen molar-refractivity contribution in [2.75, 3.05) is 0 Å². The monoisotopic (exact) mass is 224 g/mol. The summed E-state index contributed by atoms with van der Waals surface area (Å²) in [6, 6.07) is 9.25. The Bertz CT molecular complexity index is 506. The molecule has 2 aromatic carbocycles. The Labute approximate surface area is 91.2 Å². The van der Waals surface area contributed by atoms with E-state index in [1.54, 1.807) is 6.07 Å². The van der Waals surface area contributed by atoms with Crippen LogP contribution in [0.1, 0.15) is 10.4 Å². The summed E-state index contributed by atoms with van der Waals surface area (Å²) in [4.78, 5) is 10.9. The third-order valence-corrected chi connectivity index (χ3v) is 2.90. The number of aldehydes is 1. The first-order valence-electron chi connectivity index (χ1n) is 4.06. The molecule has 0 aliphatic rings. The highest BCUT2D eigenvalue weighted by Crippen LogP contribution is 2.31. The van der Waals surface area contributed by atoms with Crippen LogP contribution in [-0.2, 0) is 0 Å². The summed E-state index contributed by atoms with van der Waals surface area (Å²) in [5.74, 6) is 0. The molecular weight excluding hydrogens is 219 g/mol. The fourth-order valence-corrected chi connectivity index (χ4v) is 1.85. The van der Waals surface area contributed by atoms with Gasteiger partial charge in [0.15, 0.2) is 6.29 Å². The molecule has 0 saturated carbocycles. The smallest absolute Gasteiger partial charge is 0.152 e. The van der Waals surface area contributed by atoms with E-state index in [1.807, 2.05) is 24.3 Å². The predicted molar refractivity (Wildman–Crippen MR) is 59.4 cm³/mol. The Hall–Kier alpha value is -1.05. The van der Waals surface area contributed by atoms with E-state index in [0.717, 1.165) is 17.1 Å². The van der Waals surface area contributed by atoms with Crippen LogP contribution < -0.4 is 0 Å². The lowest BCUT2D eigenvalue weighted by atomic mass is 10.1. The average Bonchev–Trinajstić information content (AvgIpc) is 2.20. The van der Waals surface area contributed by atoms with E-state index in [4.69, 9.17) is 23.2 Å². The number of rotatable bonds is 1. The average molecular weight is 225 g/mol. The fraction of sp³-hybridized carbons (Fsp3) is 0. The van der Waals surface area contributed by atoms with Gasteiger partial charge < -0.3 is 0 Å². The van der Waals surface area contributed by atoms with Crippen LogP contribution in [0.5, 0.6) is 0 Å². The van der Waals surface area contributed by atoms with Crippen molar-refractivity contribution in [3.8, 4) is 0 Å². The maximum Gasteiger partial charge on any atom is 0.152 e. The number of carbonyl (C=O) groups excluding carboxylic acids is 1. The van der Waals surface area contributed by atoms with E-state index < -0.39 is 0 Å². The standard InChI is InChI=1S/C11H6Cl2O/c12-10-5-7-3-1-2-4-8(7)9(6-14)11(10)13/h1-6H. The van der Waals surface area contributed by atoms with Crippen LogP contribution in [0.15, 0.2) is 30.3 Å². The molecule has 0 bridgehead atoms. The summed E-state index contributed by atoms with van der Waals surface area (Å²) in [6.07, 6.45) is 0.733. The van der Waals surface area contributed by atoms with Gasteiger partial charge in [-0.05, 0) is 16.8 Å². The molecule has 0 saturated heterocycles. The summed E-state index contributed by atoms with van der Waals surface area (Å²) in [7, 11) is 0. The molecule has 1 nitrogen and oxygen atoms in total. The molecule has 70 valence electrons. The van der Waals surface area contributed by atoms with Gasteiger partial charge in [-0.15, -0.1) is 0 Å². The second kappa shape index (κ2) is 3.60. The Balaban J connectivity index is 2.96. The Morgan fingerprint density at radius 1 is 1.14 bits per heavy atom. The molecule has 0 radical (unpaired) electrons.